The predicted octanol–water partition coefficient (Wildman–Crippen LogP) is 1.06. The molecule has 90 valence electrons. The highest BCUT2D eigenvalue weighted by Crippen LogP contribution is 2.27. The second-order valence-corrected chi connectivity index (χ2v) is 3.35. The van der Waals surface area contributed by atoms with Crippen molar-refractivity contribution in [3.05, 3.63) is 38.9 Å². The number of benzene rings is 1. The van der Waals surface area contributed by atoms with Crippen LogP contribution in [0.4, 0.5) is 5.69 Å². The number of amides is 1. The summed E-state index contributed by atoms with van der Waals surface area (Å²) in [6.45, 7) is -0.585. The SMILES string of the molecule is O=C(O)CNC(=O)c1cccc([N+](=O)[O-])c1Cl. The molecule has 0 aliphatic heterocycles. The fourth-order valence-corrected chi connectivity index (χ4v) is 1.37. The molecule has 0 saturated carbocycles. The van der Waals surface area contributed by atoms with Gasteiger partial charge in [-0.1, -0.05) is 17.7 Å². The molecule has 0 bridgehead atoms. The number of carbonyl (C=O) groups is 2. The van der Waals surface area contributed by atoms with Crippen LogP contribution in [0.3, 0.4) is 0 Å². The Morgan fingerprint density at radius 2 is 2.12 bits per heavy atom. The van der Waals surface area contributed by atoms with Gasteiger partial charge in [-0.15, -0.1) is 0 Å². The summed E-state index contributed by atoms with van der Waals surface area (Å²) in [7, 11) is 0. The lowest BCUT2D eigenvalue weighted by atomic mass is 10.2. The van der Waals surface area contributed by atoms with Crippen LogP contribution in [0.5, 0.6) is 0 Å². The van der Waals surface area contributed by atoms with Gasteiger partial charge in [0.2, 0.25) is 0 Å². The van der Waals surface area contributed by atoms with E-state index < -0.39 is 29.0 Å². The van der Waals surface area contributed by atoms with Crippen molar-refractivity contribution in [1.29, 1.82) is 0 Å². The van der Waals surface area contributed by atoms with Crippen molar-refractivity contribution in [2.75, 3.05) is 6.54 Å². The molecule has 1 aromatic rings. The molecule has 0 aliphatic rings. The van der Waals surface area contributed by atoms with E-state index in [1.165, 1.54) is 12.1 Å². The summed E-state index contributed by atoms with van der Waals surface area (Å²) in [5, 5.41) is 20.7. The minimum atomic E-state index is -1.22. The Balaban J connectivity index is 2.98. The van der Waals surface area contributed by atoms with Gasteiger partial charge in [-0.3, -0.25) is 19.7 Å². The van der Waals surface area contributed by atoms with E-state index in [1.807, 2.05) is 0 Å². The zero-order valence-corrected chi connectivity index (χ0v) is 9.10. The van der Waals surface area contributed by atoms with Crippen LogP contribution in [0.1, 0.15) is 10.4 Å². The van der Waals surface area contributed by atoms with E-state index in [2.05, 4.69) is 5.32 Å². The first-order valence-corrected chi connectivity index (χ1v) is 4.74. The van der Waals surface area contributed by atoms with Crippen LogP contribution < -0.4 is 5.32 Å². The van der Waals surface area contributed by atoms with Gasteiger partial charge in [-0.2, -0.15) is 0 Å². The van der Waals surface area contributed by atoms with Crippen molar-refractivity contribution in [2.45, 2.75) is 0 Å². The van der Waals surface area contributed by atoms with Crippen LogP contribution in [-0.4, -0.2) is 28.5 Å². The number of nitrogens with one attached hydrogen (secondary N) is 1. The molecule has 0 saturated heterocycles. The van der Waals surface area contributed by atoms with Crippen molar-refractivity contribution in [3.63, 3.8) is 0 Å². The second-order valence-electron chi connectivity index (χ2n) is 2.97. The Hall–Kier alpha value is -2.15. The van der Waals surface area contributed by atoms with Crippen LogP contribution in [0.15, 0.2) is 18.2 Å². The summed E-state index contributed by atoms with van der Waals surface area (Å²) in [5.74, 6) is -2.00. The highest BCUT2D eigenvalue weighted by Gasteiger charge is 2.19. The van der Waals surface area contributed by atoms with Gasteiger partial charge >= 0.3 is 5.97 Å². The Morgan fingerprint density at radius 3 is 2.65 bits per heavy atom. The Bertz CT molecular complexity index is 488. The zero-order chi connectivity index (χ0) is 13.0. The number of carbonyl (C=O) groups excluding carboxylic acids is 1. The number of nitrogens with zero attached hydrogens (tertiary/aromatic N) is 1. The molecule has 0 aromatic heterocycles. The maximum absolute atomic E-state index is 11.5. The van der Waals surface area contributed by atoms with Crippen molar-refractivity contribution >= 4 is 29.2 Å². The molecule has 0 heterocycles. The number of hydrogen-bond donors (Lipinski definition) is 2. The molecule has 0 unspecified atom stereocenters. The molecule has 2 N–H and O–H groups in total. The summed E-state index contributed by atoms with van der Waals surface area (Å²) in [6, 6.07) is 3.71. The number of aliphatic carboxylic acids is 1. The molecule has 17 heavy (non-hydrogen) atoms. The van der Waals surface area contributed by atoms with Crippen LogP contribution in [0, 0.1) is 10.1 Å². The topological polar surface area (TPSA) is 110 Å². The smallest absolute Gasteiger partial charge is 0.322 e. The molecule has 0 atom stereocenters. The van der Waals surface area contributed by atoms with Crippen molar-refractivity contribution < 1.29 is 19.6 Å². The van der Waals surface area contributed by atoms with Gasteiger partial charge in [-0.25, -0.2) is 0 Å². The Morgan fingerprint density at radius 1 is 1.47 bits per heavy atom. The molecule has 0 radical (unpaired) electrons. The number of nitro benzene ring substituents is 1. The molecule has 1 aromatic carbocycles. The molecule has 8 heteroatoms. The van der Waals surface area contributed by atoms with E-state index in [0.29, 0.717) is 0 Å². The largest absolute Gasteiger partial charge is 0.480 e. The monoisotopic (exact) mass is 258 g/mol. The standard InChI is InChI=1S/C9H7ClN2O5/c10-8-5(9(15)11-4-7(13)14)2-1-3-6(8)12(16)17/h1-3H,4H2,(H,11,15)(H,13,14). The summed E-state index contributed by atoms with van der Waals surface area (Å²) in [6.07, 6.45) is 0. The third-order valence-corrected chi connectivity index (χ3v) is 2.22. The lowest BCUT2D eigenvalue weighted by Gasteiger charge is -2.04. The number of hydrogen-bond acceptors (Lipinski definition) is 4. The minimum Gasteiger partial charge on any atom is -0.480 e. The fraction of sp³-hybridized carbons (Fsp3) is 0.111. The lowest BCUT2D eigenvalue weighted by Crippen LogP contribution is -2.29. The van der Waals surface area contributed by atoms with E-state index in [1.54, 1.807) is 0 Å². The van der Waals surface area contributed by atoms with Crippen LogP contribution in [0.25, 0.3) is 0 Å². The van der Waals surface area contributed by atoms with Gasteiger partial charge in [-0.05, 0) is 6.07 Å². The van der Waals surface area contributed by atoms with Gasteiger partial charge in [0.1, 0.15) is 11.6 Å². The van der Waals surface area contributed by atoms with Crippen LogP contribution >= 0.6 is 11.6 Å². The number of halogens is 1. The van der Waals surface area contributed by atoms with E-state index in [9.17, 15) is 19.7 Å². The number of carboxylic acid groups (broad SMARTS) is 1. The van der Waals surface area contributed by atoms with Crippen molar-refractivity contribution in [2.24, 2.45) is 0 Å². The van der Waals surface area contributed by atoms with E-state index in [-0.39, 0.29) is 10.6 Å². The van der Waals surface area contributed by atoms with E-state index in [4.69, 9.17) is 16.7 Å². The Labute approximate surface area is 100 Å². The molecule has 0 spiro atoms. The maximum atomic E-state index is 11.5. The molecular weight excluding hydrogens is 252 g/mol. The van der Waals surface area contributed by atoms with Crippen LogP contribution in [0.2, 0.25) is 5.02 Å². The van der Waals surface area contributed by atoms with E-state index in [0.717, 1.165) is 6.07 Å². The summed E-state index contributed by atoms with van der Waals surface area (Å²) >= 11 is 5.66. The summed E-state index contributed by atoms with van der Waals surface area (Å²) < 4.78 is 0. The van der Waals surface area contributed by atoms with Crippen molar-refractivity contribution in [3.8, 4) is 0 Å². The third kappa shape index (κ3) is 3.15. The molecule has 0 aliphatic carbocycles. The molecule has 0 fully saturated rings. The summed E-state index contributed by atoms with van der Waals surface area (Å²) in [5.41, 5.74) is -0.545. The highest BCUT2D eigenvalue weighted by molar-refractivity contribution is 6.35. The van der Waals surface area contributed by atoms with Crippen LogP contribution in [-0.2, 0) is 4.79 Å². The molecule has 1 rings (SSSR count). The average molecular weight is 259 g/mol. The fourth-order valence-electron chi connectivity index (χ4n) is 1.09. The van der Waals surface area contributed by atoms with Gasteiger partial charge in [0.15, 0.2) is 0 Å². The first-order chi connectivity index (χ1) is 7.93. The predicted molar refractivity (Wildman–Crippen MR) is 58.1 cm³/mol. The zero-order valence-electron chi connectivity index (χ0n) is 8.34. The maximum Gasteiger partial charge on any atom is 0.322 e. The average Bonchev–Trinajstić information content (AvgIpc) is 2.25. The number of rotatable bonds is 4. The third-order valence-electron chi connectivity index (χ3n) is 1.82. The van der Waals surface area contributed by atoms with E-state index >= 15 is 0 Å². The molecular formula is C9H7ClN2O5. The summed E-state index contributed by atoms with van der Waals surface area (Å²) in [4.78, 5) is 31.5. The first kappa shape index (κ1) is 12.9. The Kier molecular flexibility index (Phi) is 4.00. The number of nitro groups is 1. The van der Waals surface area contributed by atoms with Gasteiger partial charge in [0.05, 0.1) is 10.5 Å². The minimum absolute atomic E-state index is 0.137. The quantitative estimate of drug-likeness (QED) is 0.620. The molecule has 7 nitrogen and oxygen atoms in total. The number of carboxylic acids is 1. The highest BCUT2D eigenvalue weighted by atomic mass is 35.5. The van der Waals surface area contributed by atoms with Gasteiger partial charge in [0, 0.05) is 6.07 Å². The first-order valence-electron chi connectivity index (χ1n) is 4.36. The normalized spacial score (nSPS) is 9.71. The van der Waals surface area contributed by atoms with Gasteiger partial charge in [0.25, 0.3) is 11.6 Å². The lowest BCUT2D eigenvalue weighted by molar-refractivity contribution is -0.384. The second kappa shape index (κ2) is 5.26. The van der Waals surface area contributed by atoms with Crippen molar-refractivity contribution in [1.82, 2.24) is 5.32 Å². The van der Waals surface area contributed by atoms with Gasteiger partial charge < -0.3 is 10.4 Å². The molecule has 1 amide bonds.